The number of hydrogen-bond donors (Lipinski definition) is 3. The molecule has 0 radical (unpaired) electrons. The van der Waals surface area contributed by atoms with Gasteiger partial charge in [0, 0.05) is 0 Å². The Bertz CT molecular complexity index is 839. The lowest BCUT2D eigenvalue weighted by atomic mass is 10.3. The van der Waals surface area contributed by atoms with Crippen LogP contribution in [0.5, 0.6) is 0 Å². The number of primary sulfonamides is 1. The first-order chi connectivity index (χ1) is 8.24. The number of nitrogens with two attached hydrogens (primary N) is 1. The molecule has 0 spiro atoms. The average Bonchev–Trinajstić information content (AvgIpc) is 2.11. The number of sulfonamides is 1. The molecule has 0 atom stereocenters. The molecule has 1 aromatic carbocycles. The van der Waals surface area contributed by atoms with Crippen molar-refractivity contribution in [2.45, 2.75) is 14.7 Å². The van der Waals surface area contributed by atoms with Crippen LogP contribution in [0.3, 0.4) is 0 Å². The van der Waals surface area contributed by atoms with E-state index in [0.29, 0.717) is 6.07 Å². The molecule has 19 heavy (non-hydrogen) atoms. The van der Waals surface area contributed by atoms with Gasteiger partial charge in [0.2, 0.25) is 10.0 Å². The van der Waals surface area contributed by atoms with Crippen LogP contribution in [0.15, 0.2) is 26.8 Å². The summed E-state index contributed by atoms with van der Waals surface area (Å²) in [5, 5.41) is 3.93. The molecule has 0 heterocycles. The van der Waals surface area contributed by atoms with Crippen molar-refractivity contribution in [3.05, 3.63) is 17.2 Å². The van der Waals surface area contributed by atoms with Crippen molar-refractivity contribution in [2.24, 2.45) is 5.14 Å². The van der Waals surface area contributed by atoms with E-state index >= 15 is 0 Å². The summed E-state index contributed by atoms with van der Waals surface area (Å²) >= 11 is 5.41. The van der Waals surface area contributed by atoms with E-state index in [0.717, 1.165) is 0 Å². The maximum Gasteiger partial charge on any atom is 0.296 e. The van der Waals surface area contributed by atoms with Crippen LogP contribution >= 0.6 is 11.6 Å². The first-order valence-electron chi connectivity index (χ1n) is 4.06. The summed E-state index contributed by atoms with van der Waals surface area (Å²) in [6.07, 6.45) is 0. The third-order valence-corrected chi connectivity index (χ3v) is 5.15. The van der Waals surface area contributed by atoms with Gasteiger partial charge in [-0.2, -0.15) is 16.8 Å². The predicted octanol–water partition coefficient (Wildman–Crippen LogP) is -0.519. The van der Waals surface area contributed by atoms with Crippen LogP contribution in [-0.4, -0.2) is 34.4 Å². The summed E-state index contributed by atoms with van der Waals surface area (Å²) in [5.41, 5.74) is 0. The zero-order chi connectivity index (χ0) is 15.2. The molecule has 0 aliphatic rings. The van der Waals surface area contributed by atoms with Gasteiger partial charge in [0.05, 0.1) is 5.02 Å². The van der Waals surface area contributed by atoms with Crippen molar-refractivity contribution in [1.82, 2.24) is 0 Å². The lowest BCUT2D eigenvalue weighted by Gasteiger charge is -2.08. The van der Waals surface area contributed by atoms with Gasteiger partial charge < -0.3 is 0 Å². The first kappa shape index (κ1) is 16.3. The van der Waals surface area contributed by atoms with Gasteiger partial charge in [-0.25, -0.2) is 13.6 Å². The van der Waals surface area contributed by atoms with Crippen LogP contribution in [0, 0.1) is 0 Å². The lowest BCUT2D eigenvalue weighted by Crippen LogP contribution is -2.17. The van der Waals surface area contributed by atoms with Gasteiger partial charge in [-0.1, -0.05) is 11.6 Å². The Morgan fingerprint density at radius 2 is 1.26 bits per heavy atom. The molecule has 1 aromatic rings. The van der Waals surface area contributed by atoms with E-state index in [1.54, 1.807) is 0 Å². The van der Waals surface area contributed by atoms with Gasteiger partial charge in [0.25, 0.3) is 20.2 Å². The SMILES string of the molecule is NS(=O)(=O)c1cc(Cl)c(S(=O)(=O)O)cc1S(=O)(=O)O. The van der Waals surface area contributed by atoms with Crippen LogP contribution in [0.4, 0.5) is 0 Å². The second kappa shape index (κ2) is 4.66. The van der Waals surface area contributed by atoms with Gasteiger partial charge in [-0.15, -0.1) is 0 Å². The van der Waals surface area contributed by atoms with Gasteiger partial charge in [-0.3, -0.25) is 9.11 Å². The van der Waals surface area contributed by atoms with Crippen molar-refractivity contribution >= 4 is 41.9 Å². The molecule has 0 aromatic heterocycles. The molecule has 0 saturated heterocycles. The summed E-state index contributed by atoms with van der Waals surface area (Å²) in [6.45, 7) is 0. The maximum absolute atomic E-state index is 11.1. The summed E-state index contributed by atoms with van der Waals surface area (Å²) in [5.74, 6) is 0. The Morgan fingerprint density at radius 3 is 1.58 bits per heavy atom. The van der Waals surface area contributed by atoms with Crippen molar-refractivity contribution in [3.8, 4) is 0 Å². The van der Waals surface area contributed by atoms with Gasteiger partial charge >= 0.3 is 0 Å². The minimum absolute atomic E-state index is 0.187. The Kier molecular flexibility index (Phi) is 4.00. The number of halogens is 1. The summed E-state index contributed by atoms with van der Waals surface area (Å²) in [4.78, 5) is -3.51. The zero-order valence-corrected chi connectivity index (χ0v) is 11.9. The highest BCUT2D eigenvalue weighted by molar-refractivity contribution is 7.91. The normalized spacial score (nSPS) is 13.5. The highest BCUT2D eigenvalue weighted by Gasteiger charge is 2.28. The quantitative estimate of drug-likeness (QED) is 0.611. The second-order valence-electron chi connectivity index (χ2n) is 3.22. The summed E-state index contributed by atoms with van der Waals surface area (Å²) < 4.78 is 83.8. The van der Waals surface area contributed by atoms with Crippen LogP contribution in [0.2, 0.25) is 5.02 Å². The summed E-state index contributed by atoms with van der Waals surface area (Å²) in [7, 11) is -14.6. The highest BCUT2D eigenvalue weighted by atomic mass is 35.5. The Labute approximate surface area is 113 Å². The fourth-order valence-corrected chi connectivity index (χ4v) is 4.17. The van der Waals surface area contributed by atoms with Crippen molar-refractivity contribution in [3.63, 3.8) is 0 Å². The minimum Gasteiger partial charge on any atom is -0.282 e. The van der Waals surface area contributed by atoms with E-state index in [9.17, 15) is 25.3 Å². The Hall–Kier alpha value is -0.760. The van der Waals surface area contributed by atoms with E-state index in [1.165, 1.54) is 0 Å². The molecule has 0 aliphatic carbocycles. The standard InChI is InChI=1S/C6H6ClNO8S3/c7-3-1-5(17(8,9)10)6(19(14,15)16)2-4(3)18(11,12)13/h1-2H,(H2,8,9,10)(H,11,12,13)(H,14,15,16). The zero-order valence-electron chi connectivity index (χ0n) is 8.68. The fourth-order valence-electron chi connectivity index (χ4n) is 1.14. The molecule has 9 nitrogen and oxygen atoms in total. The van der Waals surface area contributed by atoms with Gasteiger partial charge in [-0.05, 0) is 12.1 Å². The van der Waals surface area contributed by atoms with E-state index < -0.39 is 50.0 Å². The largest absolute Gasteiger partial charge is 0.296 e. The van der Waals surface area contributed by atoms with Crippen molar-refractivity contribution < 1.29 is 34.4 Å². The second-order valence-corrected chi connectivity index (χ2v) is 7.94. The smallest absolute Gasteiger partial charge is 0.282 e. The molecule has 108 valence electrons. The Morgan fingerprint density at radius 1 is 0.842 bits per heavy atom. The summed E-state index contributed by atoms with van der Waals surface area (Å²) in [6, 6.07) is 0.579. The predicted molar refractivity (Wildman–Crippen MR) is 62.5 cm³/mol. The average molecular weight is 352 g/mol. The van der Waals surface area contributed by atoms with Crippen LogP contribution in [-0.2, 0) is 30.3 Å². The van der Waals surface area contributed by atoms with Gasteiger partial charge in [0.15, 0.2) is 0 Å². The molecule has 4 N–H and O–H groups in total. The number of benzene rings is 1. The van der Waals surface area contributed by atoms with E-state index in [2.05, 4.69) is 0 Å². The molecule has 0 amide bonds. The molecule has 0 bridgehead atoms. The van der Waals surface area contributed by atoms with Crippen LogP contribution < -0.4 is 5.14 Å². The van der Waals surface area contributed by atoms with Gasteiger partial charge in [0.1, 0.15) is 14.7 Å². The third kappa shape index (κ3) is 3.62. The third-order valence-electron chi connectivity index (χ3n) is 1.86. The molecular weight excluding hydrogens is 346 g/mol. The van der Waals surface area contributed by atoms with E-state index in [1.807, 2.05) is 0 Å². The molecule has 0 aliphatic heterocycles. The van der Waals surface area contributed by atoms with Crippen molar-refractivity contribution in [1.29, 1.82) is 0 Å². The molecule has 0 saturated carbocycles. The van der Waals surface area contributed by atoms with Crippen molar-refractivity contribution in [2.75, 3.05) is 0 Å². The van der Waals surface area contributed by atoms with Crippen LogP contribution in [0.1, 0.15) is 0 Å². The fraction of sp³-hybridized carbons (Fsp3) is 0. The first-order valence-corrected chi connectivity index (χ1v) is 8.86. The Balaban J connectivity index is 3.98. The van der Waals surface area contributed by atoms with E-state index in [-0.39, 0.29) is 6.07 Å². The molecule has 0 fully saturated rings. The number of hydrogen-bond acceptors (Lipinski definition) is 6. The molecule has 1 rings (SSSR count). The monoisotopic (exact) mass is 351 g/mol. The minimum atomic E-state index is -5.11. The number of rotatable bonds is 3. The van der Waals surface area contributed by atoms with Crippen LogP contribution in [0.25, 0.3) is 0 Å². The topological polar surface area (TPSA) is 169 Å². The lowest BCUT2D eigenvalue weighted by molar-refractivity contribution is 0.478. The molecule has 13 heteroatoms. The van der Waals surface area contributed by atoms with E-state index in [4.69, 9.17) is 25.8 Å². The molecular formula is C6H6ClNO8S3. The highest BCUT2D eigenvalue weighted by Crippen LogP contribution is 2.30. The molecule has 0 unspecified atom stereocenters. The maximum atomic E-state index is 11.1.